The first-order valence-electron chi connectivity index (χ1n) is 12.0. The molecule has 9 nitrogen and oxygen atoms in total. The van der Waals surface area contributed by atoms with E-state index in [-0.39, 0.29) is 39.9 Å². The van der Waals surface area contributed by atoms with Crippen LogP contribution in [0.25, 0.3) is 0 Å². The van der Waals surface area contributed by atoms with Crippen molar-refractivity contribution in [2.24, 2.45) is 0 Å². The van der Waals surface area contributed by atoms with Crippen LogP contribution in [0, 0.1) is 5.82 Å². The highest BCUT2D eigenvalue weighted by Gasteiger charge is 2.46. The summed E-state index contributed by atoms with van der Waals surface area (Å²) in [5.74, 6) is -1.78. The lowest BCUT2D eigenvalue weighted by molar-refractivity contribution is -0.118. The molecule has 12 heteroatoms. The normalized spacial score (nSPS) is 14.8. The first kappa shape index (κ1) is 28.5. The van der Waals surface area contributed by atoms with Crippen LogP contribution in [0.15, 0.2) is 71.6 Å². The number of hydrogen-bond acceptors (Lipinski definition) is 6. The maximum atomic E-state index is 13.4. The summed E-state index contributed by atoms with van der Waals surface area (Å²) in [5.41, 5.74) is 0.0951. The van der Waals surface area contributed by atoms with Gasteiger partial charge in [0.25, 0.3) is 5.91 Å². The fourth-order valence-electron chi connectivity index (χ4n) is 3.91. The molecule has 0 heterocycles. The number of carbonyl (C=O) groups is 2. The third kappa shape index (κ3) is 6.93. The quantitative estimate of drug-likeness (QED) is 0.277. The Hall–Kier alpha value is -3.51. The summed E-state index contributed by atoms with van der Waals surface area (Å²) < 4.78 is 47.0. The number of anilines is 1. The number of rotatable bonds is 11. The van der Waals surface area contributed by atoms with Crippen molar-refractivity contribution in [2.45, 2.75) is 35.7 Å². The predicted molar refractivity (Wildman–Crippen MR) is 144 cm³/mol. The van der Waals surface area contributed by atoms with E-state index in [9.17, 15) is 27.5 Å². The molecule has 1 saturated carbocycles. The van der Waals surface area contributed by atoms with Gasteiger partial charge in [-0.2, -0.15) is 0 Å². The smallest absolute Gasteiger partial charge is 0.251 e. The SMILES string of the molecule is COc1cc(NC(=O)[C@H](Cc2ccccc2)NC(=O)c2ccc(F)cc2)c(Cl)cc1S(=O)(=O)NC1(CO)CC1. The lowest BCUT2D eigenvalue weighted by Crippen LogP contribution is -2.45. The second-order valence-electron chi connectivity index (χ2n) is 9.24. The minimum atomic E-state index is -4.10. The second kappa shape index (κ2) is 11.7. The average molecular weight is 576 g/mol. The molecule has 0 unspecified atom stereocenters. The number of nitrogens with one attached hydrogen (secondary N) is 3. The van der Waals surface area contributed by atoms with E-state index in [0.29, 0.717) is 12.8 Å². The maximum Gasteiger partial charge on any atom is 0.251 e. The van der Waals surface area contributed by atoms with Crippen molar-refractivity contribution in [3.8, 4) is 5.75 Å². The van der Waals surface area contributed by atoms with Crippen LogP contribution < -0.4 is 20.1 Å². The summed E-state index contributed by atoms with van der Waals surface area (Å²) in [4.78, 5) is 25.9. The molecule has 0 spiro atoms. The van der Waals surface area contributed by atoms with Crippen molar-refractivity contribution >= 4 is 39.1 Å². The summed E-state index contributed by atoms with van der Waals surface area (Å²) in [6, 6.07) is 15.3. The van der Waals surface area contributed by atoms with Crippen molar-refractivity contribution in [1.29, 1.82) is 0 Å². The van der Waals surface area contributed by atoms with E-state index in [4.69, 9.17) is 16.3 Å². The summed E-state index contributed by atoms with van der Waals surface area (Å²) >= 11 is 6.38. The number of hydrogen-bond donors (Lipinski definition) is 4. The molecule has 0 bridgehead atoms. The minimum absolute atomic E-state index is 0.0647. The molecule has 1 aliphatic carbocycles. The number of amides is 2. The Kier molecular flexibility index (Phi) is 8.55. The summed E-state index contributed by atoms with van der Waals surface area (Å²) in [6.45, 7) is -0.344. The van der Waals surface area contributed by atoms with Gasteiger partial charge in [-0.3, -0.25) is 9.59 Å². The summed E-state index contributed by atoms with van der Waals surface area (Å²) in [5, 5.41) is 14.7. The molecule has 0 saturated heterocycles. The molecule has 0 radical (unpaired) electrons. The topological polar surface area (TPSA) is 134 Å². The van der Waals surface area contributed by atoms with Gasteiger partial charge in [0.15, 0.2) is 0 Å². The molecule has 3 aromatic rings. The van der Waals surface area contributed by atoms with E-state index < -0.39 is 39.2 Å². The highest BCUT2D eigenvalue weighted by Crippen LogP contribution is 2.39. The van der Waals surface area contributed by atoms with Crippen LogP contribution in [0.2, 0.25) is 5.02 Å². The zero-order valence-electron chi connectivity index (χ0n) is 20.9. The van der Waals surface area contributed by atoms with Crippen molar-refractivity contribution in [1.82, 2.24) is 10.0 Å². The fourth-order valence-corrected chi connectivity index (χ4v) is 5.81. The van der Waals surface area contributed by atoms with Gasteiger partial charge >= 0.3 is 0 Å². The van der Waals surface area contributed by atoms with Crippen molar-refractivity contribution in [3.63, 3.8) is 0 Å². The predicted octanol–water partition coefficient (Wildman–Crippen LogP) is 3.27. The second-order valence-corrected chi connectivity index (χ2v) is 11.3. The van der Waals surface area contributed by atoms with E-state index >= 15 is 0 Å². The zero-order chi connectivity index (χ0) is 28.2. The van der Waals surface area contributed by atoms with Gasteiger partial charge in [-0.05, 0) is 48.7 Å². The van der Waals surface area contributed by atoms with Gasteiger partial charge in [-0.25, -0.2) is 17.5 Å². The summed E-state index contributed by atoms with van der Waals surface area (Å²) in [6.07, 6.45) is 1.13. The molecule has 3 aromatic carbocycles. The molecule has 2 amide bonds. The number of aliphatic hydroxyl groups is 1. The van der Waals surface area contributed by atoms with Crippen LogP contribution in [0.5, 0.6) is 5.75 Å². The first-order chi connectivity index (χ1) is 18.6. The van der Waals surface area contributed by atoms with E-state index in [0.717, 1.165) is 23.8 Å². The van der Waals surface area contributed by atoms with Crippen molar-refractivity contribution in [2.75, 3.05) is 19.0 Å². The van der Waals surface area contributed by atoms with Crippen LogP contribution in [-0.4, -0.2) is 50.6 Å². The molecule has 4 rings (SSSR count). The van der Waals surface area contributed by atoms with Gasteiger partial charge in [0.1, 0.15) is 22.5 Å². The standard InChI is InChI=1S/C27H27ClFN3O6S/c1-38-23-15-21(20(28)14-24(23)39(36,37)32-27(16-33)11-12-27)30-26(35)22(13-17-5-3-2-4-6-17)31-25(34)18-7-9-19(29)10-8-18/h2-10,14-15,22,32-33H,11-13,16H2,1H3,(H,30,35)(H,31,34)/t22-/m0/s1. The van der Waals surface area contributed by atoms with E-state index in [1.165, 1.54) is 25.3 Å². The molecule has 39 heavy (non-hydrogen) atoms. The van der Waals surface area contributed by atoms with Crippen LogP contribution in [-0.2, 0) is 21.2 Å². The van der Waals surface area contributed by atoms with Crippen LogP contribution >= 0.6 is 11.6 Å². The van der Waals surface area contributed by atoms with Crippen molar-refractivity contribution < 1.29 is 32.2 Å². The van der Waals surface area contributed by atoms with Gasteiger partial charge in [0.05, 0.1) is 30.0 Å². The number of halogens is 2. The number of aliphatic hydroxyl groups excluding tert-OH is 1. The highest BCUT2D eigenvalue weighted by molar-refractivity contribution is 7.89. The monoisotopic (exact) mass is 575 g/mol. The Morgan fingerprint density at radius 2 is 1.77 bits per heavy atom. The Morgan fingerprint density at radius 3 is 2.36 bits per heavy atom. The number of carbonyl (C=O) groups excluding carboxylic acids is 2. The molecular formula is C27H27ClFN3O6S. The molecule has 0 aliphatic heterocycles. The van der Waals surface area contributed by atoms with Gasteiger partial charge in [-0.15, -0.1) is 0 Å². The Balaban J connectivity index is 1.58. The first-order valence-corrected chi connectivity index (χ1v) is 13.9. The number of ether oxygens (including phenoxy) is 1. The minimum Gasteiger partial charge on any atom is -0.495 e. The Bertz CT molecular complexity index is 1460. The molecule has 1 aliphatic rings. The largest absolute Gasteiger partial charge is 0.495 e. The third-order valence-corrected chi connectivity index (χ3v) is 8.23. The highest BCUT2D eigenvalue weighted by atomic mass is 35.5. The van der Waals surface area contributed by atoms with E-state index in [2.05, 4.69) is 15.4 Å². The Morgan fingerprint density at radius 1 is 1.10 bits per heavy atom. The van der Waals surface area contributed by atoms with Crippen LogP contribution in [0.4, 0.5) is 10.1 Å². The number of benzene rings is 3. The van der Waals surface area contributed by atoms with Gasteiger partial charge < -0.3 is 20.5 Å². The van der Waals surface area contributed by atoms with Gasteiger partial charge in [-0.1, -0.05) is 41.9 Å². The molecular weight excluding hydrogens is 549 g/mol. The van der Waals surface area contributed by atoms with Gasteiger partial charge in [0, 0.05) is 18.1 Å². The average Bonchev–Trinajstić information content (AvgIpc) is 3.69. The number of methoxy groups -OCH3 is 1. The van der Waals surface area contributed by atoms with Crippen molar-refractivity contribution in [3.05, 3.63) is 88.7 Å². The third-order valence-electron chi connectivity index (χ3n) is 6.32. The van der Waals surface area contributed by atoms with Gasteiger partial charge in [0.2, 0.25) is 15.9 Å². The molecule has 1 atom stereocenters. The zero-order valence-corrected chi connectivity index (χ0v) is 22.5. The maximum absolute atomic E-state index is 13.4. The number of sulfonamides is 1. The fraction of sp³-hybridized carbons (Fsp3) is 0.259. The van der Waals surface area contributed by atoms with E-state index in [1.54, 1.807) is 24.3 Å². The molecule has 206 valence electrons. The molecule has 4 N–H and O–H groups in total. The molecule has 0 aromatic heterocycles. The van der Waals surface area contributed by atoms with Crippen LogP contribution in [0.1, 0.15) is 28.8 Å². The Labute approximate surface area is 230 Å². The lowest BCUT2D eigenvalue weighted by atomic mass is 10.0. The van der Waals surface area contributed by atoms with E-state index in [1.807, 2.05) is 6.07 Å². The van der Waals surface area contributed by atoms with Crippen LogP contribution in [0.3, 0.4) is 0 Å². The lowest BCUT2D eigenvalue weighted by Gasteiger charge is -2.21. The summed E-state index contributed by atoms with van der Waals surface area (Å²) in [7, 11) is -2.83. The molecule has 1 fully saturated rings.